The summed E-state index contributed by atoms with van der Waals surface area (Å²) in [7, 11) is 1.57. The van der Waals surface area contributed by atoms with Gasteiger partial charge in [-0.25, -0.2) is 10.4 Å². The molecule has 0 spiro atoms. The first-order valence-corrected chi connectivity index (χ1v) is 11.4. The Morgan fingerprint density at radius 3 is 2.79 bits per heavy atom. The molecular formula is C24H21ClN4O3S. The minimum atomic E-state index is -0.252. The molecule has 0 aliphatic carbocycles. The van der Waals surface area contributed by atoms with Gasteiger partial charge in [0.1, 0.15) is 6.61 Å². The van der Waals surface area contributed by atoms with E-state index in [-0.39, 0.29) is 18.3 Å². The van der Waals surface area contributed by atoms with Gasteiger partial charge in [0.2, 0.25) is 0 Å². The second kappa shape index (κ2) is 10.9. The number of carbonyl (C=O) groups excluding carboxylic acids is 1. The van der Waals surface area contributed by atoms with Crippen LogP contribution in [0.25, 0.3) is 11.0 Å². The first-order chi connectivity index (χ1) is 16.1. The third-order valence-corrected chi connectivity index (χ3v) is 5.90. The van der Waals surface area contributed by atoms with Gasteiger partial charge >= 0.3 is 0 Å². The van der Waals surface area contributed by atoms with Gasteiger partial charge in [-0.2, -0.15) is 5.10 Å². The van der Waals surface area contributed by atoms with Crippen LogP contribution >= 0.6 is 23.4 Å². The Hall–Kier alpha value is -3.49. The molecule has 0 saturated heterocycles. The second-order valence-corrected chi connectivity index (χ2v) is 8.27. The Morgan fingerprint density at radius 2 is 1.97 bits per heavy atom. The van der Waals surface area contributed by atoms with E-state index in [1.165, 1.54) is 18.0 Å². The van der Waals surface area contributed by atoms with Crippen molar-refractivity contribution in [1.29, 1.82) is 0 Å². The standard InChI is InChI=1S/C24H21ClN4O3S/c1-31-21-12-6-8-16(23(21)32-14-17-7-2-3-9-18(17)25)13-26-29-22(30)15-33-24-27-19-10-4-5-11-20(19)28-24/h2-13H,14-15H2,1H3,(H,27,28)(H,29,30)/b26-13+. The summed E-state index contributed by atoms with van der Waals surface area (Å²) in [5, 5.41) is 5.38. The first kappa shape index (κ1) is 22.7. The molecule has 0 aliphatic heterocycles. The molecule has 0 saturated carbocycles. The van der Waals surface area contributed by atoms with Crippen molar-refractivity contribution in [2.75, 3.05) is 12.9 Å². The van der Waals surface area contributed by atoms with Crippen molar-refractivity contribution in [2.45, 2.75) is 11.8 Å². The molecule has 1 aromatic heterocycles. The van der Waals surface area contributed by atoms with Crippen LogP contribution in [0.15, 0.2) is 77.0 Å². The van der Waals surface area contributed by atoms with Crippen LogP contribution in [0.2, 0.25) is 5.02 Å². The molecule has 0 fully saturated rings. The normalized spacial score (nSPS) is 11.1. The van der Waals surface area contributed by atoms with Crippen molar-refractivity contribution in [1.82, 2.24) is 15.4 Å². The summed E-state index contributed by atoms with van der Waals surface area (Å²) in [5.41, 5.74) is 5.84. The zero-order valence-corrected chi connectivity index (χ0v) is 19.3. The predicted molar refractivity (Wildman–Crippen MR) is 131 cm³/mol. The van der Waals surface area contributed by atoms with Crippen molar-refractivity contribution >= 4 is 46.5 Å². The first-order valence-electron chi connectivity index (χ1n) is 10.1. The molecule has 9 heteroatoms. The Labute approximate surface area is 200 Å². The topological polar surface area (TPSA) is 88.6 Å². The molecule has 0 aliphatic rings. The molecule has 168 valence electrons. The number of rotatable bonds is 9. The summed E-state index contributed by atoms with van der Waals surface area (Å²) in [5.74, 6) is 0.982. The van der Waals surface area contributed by atoms with E-state index in [1.54, 1.807) is 13.2 Å². The maximum absolute atomic E-state index is 12.2. The Balaban J connectivity index is 1.37. The summed E-state index contributed by atoms with van der Waals surface area (Å²) in [4.78, 5) is 19.8. The molecule has 0 radical (unpaired) electrons. The van der Waals surface area contributed by atoms with Gasteiger partial charge in [0, 0.05) is 16.1 Å². The number of carbonyl (C=O) groups is 1. The van der Waals surface area contributed by atoms with Gasteiger partial charge in [0.25, 0.3) is 5.91 Å². The van der Waals surface area contributed by atoms with Crippen LogP contribution in [-0.2, 0) is 11.4 Å². The third kappa shape index (κ3) is 5.85. The SMILES string of the molecule is COc1cccc(/C=N/NC(=O)CSc2nc3ccccc3[nH]2)c1OCc1ccccc1Cl. The number of para-hydroxylation sites is 3. The number of ether oxygens (including phenoxy) is 2. The van der Waals surface area contributed by atoms with E-state index in [0.29, 0.717) is 27.2 Å². The number of thioether (sulfide) groups is 1. The van der Waals surface area contributed by atoms with Crippen LogP contribution in [0, 0.1) is 0 Å². The lowest BCUT2D eigenvalue weighted by atomic mass is 10.2. The summed E-state index contributed by atoms with van der Waals surface area (Å²) in [6.45, 7) is 0.265. The number of H-pyrrole nitrogens is 1. The summed E-state index contributed by atoms with van der Waals surface area (Å²) in [6, 6.07) is 20.6. The number of halogens is 1. The average molecular weight is 481 g/mol. The fraction of sp³-hybridized carbons (Fsp3) is 0.125. The van der Waals surface area contributed by atoms with Crippen LogP contribution in [0.5, 0.6) is 11.5 Å². The Bertz CT molecular complexity index is 1260. The third-order valence-electron chi connectivity index (χ3n) is 4.66. The highest BCUT2D eigenvalue weighted by molar-refractivity contribution is 7.99. The van der Waals surface area contributed by atoms with Crippen molar-refractivity contribution in [3.8, 4) is 11.5 Å². The molecule has 7 nitrogen and oxygen atoms in total. The summed E-state index contributed by atoms with van der Waals surface area (Å²) < 4.78 is 11.4. The molecule has 0 bridgehead atoms. The van der Waals surface area contributed by atoms with Gasteiger partial charge in [-0.1, -0.05) is 59.8 Å². The quantitative estimate of drug-likeness (QED) is 0.199. The maximum atomic E-state index is 12.2. The number of fused-ring (bicyclic) bond motifs is 1. The van der Waals surface area contributed by atoms with Crippen LogP contribution in [0.1, 0.15) is 11.1 Å². The Morgan fingerprint density at radius 1 is 1.15 bits per heavy atom. The lowest BCUT2D eigenvalue weighted by Gasteiger charge is -2.13. The van der Waals surface area contributed by atoms with Crippen molar-refractivity contribution < 1.29 is 14.3 Å². The van der Waals surface area contributed by atoms with E-state index in [2.05, 4.69) is 20.5 Å². The molecule has 1 amide bonds. The summed E-state index contributed by atoms with van der Waals surface area (Å²) in [6.07, 6.45) is 1.52. The highest BCUT2D eigenvalue weighted by atomic mass is 35.5. The van der Waals surface area contributed by atoms with Crippen LogP contribution < -0.4 is 14.9 Å². The zero-order valence-electron chi connectivity index (χ0n) is 17.7. The van der Waals surface area contributed by atoms with E-state index in [4.69, 9.17) is 21.1 Å². The molecule has 2 N–H and O–H groups in total. The number of benzene rings is 3. The van der Waals surface area contributed by atoms with E-state index in [0.717, 1.165) is 16.6 Å². The maximum Gasteiger partial charge on any atom is 0.250 e. The number of nitrogens with one attached hydrogen (secondary N) is 2. The molecule has 4 aromatic rings. The van der Waals surface area contributed by atoms with Gasteiger partial charge in [-0.3, -0.25) is 4.79 Å². The fourth-order valence-corrected chi connectivity index (χ4v) is 3.92. The minimum absolute atomic E-state index is 0.172. The van der Waals surface area contributed by atoms with Crippen LogP contribution in [-0.4, -0.2) is 35.0 Å². The lowest BCUT2D eigenvalue weighted by molar-refractivity contribution is -0.118. The van der Waals surface area contributed by atoms with Crippen molar-refractivity contribution in [2.24, 2.45) is 5.10 Å². The number of imidazole rings is 1. The fourth-order valence-electron chi connectivity index (χ4n) is 3.05. The number of methoxy groups -OCH3 is 1. The Kier molecular flexibility index (Phi) is 7.49. The number of nitrogens with zero attached hydrogens (tertiary/aromatic N) is 2. The van der Waals surface area contributed by atoms with Crippen LogP contribution in [0.4, 0.5) is 0 Å². The van der Waals surface area contributed by atoms with E-state index < -0.39 is 0 Å². The number of aromatic amines is 1. The van der Waals surface area contributed by atoms with E-state index >= 15 is 0 Å². The molecule has 1 heterocycles. The number of amides is 1. The largest absolute Gasteiger partial charge is 0.493 e. The molecule has 33 heavy (non-hydrogen) atoms. The van der Waals surface area contributed by atoms with Crippen LogP contribution in [0.3, 0.4) is 0 Å². The number of aromatic nitrogens is 2. The van der Waals surface area contributed by atoms with E-state index in [9.17, 15) is 4.79 Å². The average Bonchev–Trinajstić information content (AvgIpc) is 3.26. The van der Waals surface area contributed by atoms with Gasteiger partial charge in [0.15, 0.2) is 16.7 Å². The predicted octanol–water partition coefficient (Wildman–Crippen LogP) is 5.05. The summed E-state index contributed by atoms with van der Waals surface area (Å²) >= 11 is 7.53. The van der Waals surface area contributed by atoms with Crippen molar-refractivity contribution in [3.63, 3.8) is 0 Å². The van der Waals surface area contributed by atoms with Gasteiger partial charge in [0.05, 0.1) is 30.1 Å². The molecule has 0 atom stereocenters. The van der Waals surface area contributed by atoms with Crippen molar-refractivity contribution in [3.05, 3.63) is 82.9 Å². The number of hydrogen-bond donors (Lipinski definition) is 2. The van der Waals surface area contributed by atoms with Gasteiger partial charge in [-0.05, 0) is 30.3 Å². The monoisotopic (exact) mass is 480 g/mol. The minimum Gasteiger partial charge on any atom is -0.493 e. The second-order valence-electron chi connectivity index (χ2n) is 6.90. The van der Waals surface area contributed by atoms with Gasteiger partial charge < -0.3 is 14.5 Å². The smallest absolute Gasteiger partial charge is 0.250 e. The lowest BCUT2D eigenvalue weighted by Crippen LogP contribution is -2.19. The molecule has 3 aromatic carbocycles. The molecular weight excluding hydrogens is 460 g/mol. The number of hydrazone groups is 1. The number of hydrogen-bond acceptors (Lipinski definition) is 6. The van der Waals surface area contributed by atoms with E-state index in [1.807, 2.05) is 60.7 Å². The zero-order chi connectivity index (χ0) is 23.0. The molecule has 4 rings (SSSR count). The molecule has 0 unspecified atom stereocenters. The highest BCUT2D eigenvalue weighted by Crippen LogP contribution is 2.31. The highest BCUT2D eigenvalue weighted by Gasteiger charge is 2.11. The van der Waals surface area contributed by atoms with Gasteiger partial charge in [-0.15, -0.1) is 0 Å².